The molecule has 0 aromatic carbocycles. The van der Waals surface area contributed by atoms with Gasteiger partial charge in [-0.3, -0.25) is 13.9 Å². The zero-order chi connectivity index (χ0) is 15.7. The Kier molecular flexibility index (Phi) is 4.93. The maximum atomic E-state index is 12.3. The second-order valence-electron chi connectivity index (χ2n) is 8.06. The molecule has 2 saturated carbocycles. The smallest absolute Gasteiger partial charge is 0.220 e. The molecule has 1 saturated heterocycles. The van der Waals surface area contributed by atoms with Crippen LogP contribution in [-0.2, 0) is 15.6 Å². The fourth-order valence-corrected chi connectivity index (χ4v) is 5.66. The van der Waals surface area contributed by atoms with Crippen LogP contribution in [-0.4, -0.2) is 51.7 Å². The molecule has 2 aliphatic carbocycles. The molecular formula is C17H30N2O2S. The SMILES string of the molecule is CC(C)(CNC(=O)C[C@@H]1C[C@H]2CC[C@H]1C2)N1CCS(=O)CC1. The van der Waals surface area contributed by atoms with Crippen LogP contribution in [0.2, 0.25) is 0 Å². The van der Waals surface area contributed by atoms with E-state index in [-0.39, 0.29) is 11.4 Å². The monoisotopic (exact) mass is 326 g/mol. The molecule has 3 fully saturated rings. The van der Waals surface area contributed by atoms with Crippen molar-refractivity contribution >= 4 is 16.7 Å². The molecule has 1 heterocycles. The number of amides is 1. The highest BCUT2D eigenvalue weighted by atomic mass is 32.2. The molecule has 0 unspecified atom stereocenters. The van der Waals surface area contributed by atoms with Crippen LogP contribution in [0.3, 0.4) is 0 Å². The van der Waals surface area contributed by atoms with Crippen molar-refractivity contribution in [2.24, 2.45) is 17.8 Å². The van der Waals surface area contributed by atoms with Crippen molar-refractivity contribution < 1.29 is 9.00 Å². The van der Waals surface area contributed by atoms with Gasteiger partial charge in [0.1, 0.15) is 0 Å². The summed E-state index contributed by atoms with van der Waals surface area (Å²) >= 11 is 0. The van der Waals surface area contributed by atoms with Crippen LogP contribution in [0.1, 0.15) is 46.0 Å². The van der Waals surface area contributed by atoms with Gasteiger partial charge in [0.25, 0.3) is 0 Å². The Morgan fingerprint density at radius 2 is 1.95 bits per heavy atom. The Bertz CT molecular complexity index is 442. The summed E-state index contributed by atoms with van der Waals surface area (Å²) in [7, 11) is -0.642. The Morgan fingerprint density at radius 3 is 2.55 bits per heavy atom. The topological polar surface area (TPSA) is 49.4 Å². The van der Waals surface area contributed by atoms with Crippen molar-refractivity contribution in [3.8, 4) is 0 Å². The van der Waals surface area contributed by atoms with Crippen LogP contribution in [0, 0.1) is 17.8 Å². The highest BCUT2D eigenvalue weighted by Gasteiger charge is 2.40. The van der Waals surface area contributed by atoms with Gasteiger partial charge >= 0.3 is 0 Å². The van der Waals surface area contributed by atoms with E-state index >= 15 is 0 Å². The van der Waals surface area contributed by atoms with Crippen molar-refractivity contribution in [2.45, 2.75) is 51.5 Å². The highest BCUT2D eigenvalue weighted by molar-refractivity contribution is 7.85. The maximum Gasteiger partial charge on any atom is 0.220 e. The molecule has 22 heavy (non-hydrogen) atoms. The predicted octanol–water partition coefficient (Wildman–Crippen LogP) is 1.77. The molecule has 4 nitrogen and oxygen atoms in total. The largest absolute Gasteiger partial charge is 0.354 e. The molecule has 3 aliphatic rings. The van der Waals surface area contributed by atoms with E-state index in [2.05, 4.69) is 24.1 Å². The normalized spacial score (nSPS) is 33.3. The van der Waals surface area contributed by atoms with E-state index in [9.17, 15) is 9.00 Å². The van der Waals surface area contributed by atoms with Crippen molar-refractivity contribution in [3.05, 3.63) is 0 Å². The van der Waals surface area contributed by atoms with Gasteiger partial charge in [-0.2, -0.15) is 0 Å². The summed E-state index contributed by atoms with van der Waals surface area (Å²) in [6.07, 6.45) is 6.11. The lowest BCUT2D eigenvalue weighted by Crippen LogP contribution is -2.55. The third kappa shape index (κ3) is 3.73. The first kappa shape index (κ1) is 16.4. The average molecular weight is 327 g/mol. The summed E-state index contributed by atoms with van der Waals surface area (Å²) in [6, 6.07) is 0. The lowest BCUT2D eigenvalue weighted by Gasteiger charge is -2.40. The maximum absolute atomic E-state index is 12.3. The van der Waals surface area contributed by atoms with Crippen molar-refractivity contribution in [1.29, 1.82) is 0 Å². The molecule has 0 radical (unpaired) electrons. The minimum Gasteiger partial charge on any atom is -0.354 e. The van der Waals surface area contributed by atoms with E-state index in [1.165, 1.54) is 25.7 Å². The molecule has 0 aromatic rings. The van der Waals surface area contributed by atoms with Crippen molar-refractivity contribution in [1.82, 2.24) is 10.2 Å². The minimum atomic E-state index is -0.642. The first-order valence-electron chi connectivity index (χ1n) is 8.81. The summed E-state index contributed by atoms with van der Waals surface area (Å²) in [4.78, 5) is 14.6. The van der Waals surface area contributed by atoms with Crippen LogP contribution in [0.15, 0.2) is 0 Å². The van der Waals surface area contributed by atoms with Gasteiger partial charge in [0.15, 0.2) is 0 Å². The molecule has 5 heteroatoms. The number of hydrogen-bond acceptors (Lipinski definition) is 3. The summed E-state index contributed by atoms with van der Waals surface area (Å²) in [5, 5.41) is 3.16. The van der Waals surface area contributed by atoms with Gasteiger partial charge in [0.05, 0.1) is 0 Å². The van der Waals surface area contributed by atoms with Gasteiger partial charge in [-0.25, -0.2) is 0 Å². The van der Waals surface area contributed by atoms with E-state index in [0.29, 0.717) is 12.5 Å². The predicted molar refractivity (Wildman–Crippen MR) is 90.1 cm³/mol. The van der Waals surface area contributed by atoms with Gasteiger partial charge in [-0.05, 0) is 50.9 Å². The Morgan fingerprint density at radius 1 is 1.23 bits per heavy atom. The van der Waals surface area contributed by atoms with E-state index in [1.807, 2.05) is 0 Å². The quantitative estimate of drug-likeness (QED) is 0.838. The van der Waals surface area contributed by atoms with Gasteiger partial charge < -0.3 is 5.32 Å². The molecule has 3 atom stereocenters. The number of nitrogens with zero attached hydrogens (tertiary/aromatic N) is 1. The van der Waals surface area contributed by atoms with E-state index in [0.717, 1.165) is 42.9 Å². The Balaban J connectivity index is 1.43. The van der Waals surface area contributed by atoms with E-state index in [1.54, 1.807) is 0 Å². The van der Waals surface area contributed by atoms with Gasteiger partial charge in [0, 0.05) is 53.9 Å². The molecule has 2 bridgehead atoms. The number of nitrogens with one attached hydrogen (secondary N) is 1. The number of fused-ring (bicyclic) bond motifs is 2. The molecule has 1 N–H and O–H groups in total. The highest BCUT2D eigenvalue weighted by Crippen LogP contribution is 2.49. The van der Waals surface area contributed by atoms with Gasteiger partial charge in [0.2, 0.25) is 5.91 Å². The third-order valence-corrected chi connectivity index (χ3v) is 7.36. The standard InChI is InChI=1S/C17H30N2O2S/c1-17(2,19-5-7-22(21)8-6-19)12-18-16(20)11-15-10-13-3-4-14(15)9-13/h13-15H,3-12H2,1-2H3,(H,18,20)/t13-,14-,15-/m0/s1. The molecule has 0 spiro atoms. The van der Waals surface area contributed by atoms with Crippen LogP contribution in [0.5, 0.6) is 0 Å². The van der Waals surface area contributed by atoms with E-state index < -0.39 is 10.8 Å². The molecular weight excluding hydrogens is 296 g/mol. The summed E-state index contributed by atoms with van der Waals surface area (Å²) in [5.74, 6) is 4.13. The summed E-state index contributed by atoms with van der Waals surface area (Å²) in [6.45, 7) is 6.81. The average Bonchev–Trinajstić information content (AvgIpc) is 3.08. The third-order valence-electron chi connectivity index (χ3n) is 6.08. The lowest BCUT2D eigenvalue weighted by molar-refractivity contribution is -0.123. The Labute approximate surface area is 136 Å². The molecule has 0 aromatic heterocycles. The second kappa shape index (κ2) is 6.60. The van der Waals surface area contributed by atoms with Crippen LogP contribution < -0.4 is 5.32 Å². The van der Waals surface area contributed by atoms with E-state index in [4.69, 9.17) is 0 Å². The Hall–Kier alpha value is -0.420. The fraction of sp³-hybridized carbons (Fsp3) is 0.941. The van der Waals surface area contributed by atoms with Crippen LogP contribution in [0.25, 0.3) is 0 Å². The summed E-state index contributed by atoms with van der Waals surface area (Å²) in [5.41, 5.74) is -0.0467. The second-order valence-corrected chi connectivity index (χ2v) is 9.76. The number of rotatable bonds is 5. The molecule has 1 amide bonds. The fourth-order valence-electron chi connectivity index (χ4n) is 4.61. The first-order chi connectivity index (χ1) is 10.4. The zero-order valence-corrected chi connectivity index (χ0v) is 14.8. The number of carbonyl (C=O) groups excluding carboxylic acids is 1. The van der Waals surface area contributed by atoms with Gasteiger partial charge in [-0.1, -0.05) is 6.42 Å². The van der Waals surface area contributed by atoms with Crippen molar-refractivity contribution in [3.63, 3.8) is 0 Å². The van der Waals surface area contributed by atoms with Gasteiger partial charge in [-0.15, -0.1) is 0 Å². The van der Waals surface area contributed by atoms with Crippen LogP contribution >= 0.6 is 0 Å². The first-order valence-corrected chi connectivity index (χ1v) is 10.3. The molecule has 3 rings (SSSR count). The molecule has 1 aliphatic heterocycles. The molecule has 126 valence electrons. The van der Waals surface area contributed by atoms with Crippen molar-refractivity contribution in [2.75, 3.05) is 31.1 Å². The zero-order valence-electron chi connectivity index (χ0n) is 14.0. The van der Waals surface area contributed by atoms with Crippen LogP contribution in [0.4, 0.5) is 0 Å². The number of carbonyl (C=O) groups is 1. The minimum absolute atomic E-state index is 0.0467. The summed E-state index contributed by atoms with van der Waals surface area (Å²) < 4.78 is 11.5. The number of hydrogen-bond donors (Lipinski definition) is 1. The lowest BCUT2D eigenvalue weighted by atomic mass is 9.86.